The molecule has 0 aliphatic carbocycles. The third kappa shape index (κ3) is 15.7. The van der Waals surface area contributed by atoms with Crippen molar-refractivity contribution in [3.63, 3.8) is 0 Å². The van der Waals surface area contributed by atoms with Gasteiger partial charge >= 0.3 is 8.56 Å². The monoisotopic (exact) mass is 452 g/mol. The van der Waals surface area contributed by atoms with E-state index in [4.69, 9.17) is 13.6 Å². The van der Waals surface area contributed by atoms with E-state index in [-0.39, 0.29) is 0 Å². The lowest BCUT2D eigenvalue weighted by Gasteiger charge is -2.38. The number of hydrogen-bond donors (Lipinski definition) is 1. The van der Waals surface area contributed by atoms with Crippen molar-refractivity contribution in [1.29, 1.82) is 0 Å². The molecule has 7 nitrogen and oxygen atoms in total. The van der Waals surface area contributed by atoms with Crippen LogP contribution in [-0.2, 0) is 13.6 Å². The molecule has 30 heavy (non-hydrogen) atoms. The Hall–Kier alpha value is -0.0631. The summed E-state index contributed by atoms with van der Waals surface area (Å²) in [6, 6.07) is 0.903. The molecule has 182 valence electrons. The van der Waals surface area contributed by atoms with Gasteiger partial charge < -0.3 is 32.1 Å². The molecule has 0 aliphatic heterocycles. The van der Waals surface area contributed by atoms with E-state index in [0.29, 0.717) is 13.2 Å². The van der Waals surface area contributed by atoms with Crippen LogP contribution in [0, 0.1) is 0 Å². The Morgan fingerprint density at radius 2 is 1.23 bits per heavy atom. The topological polar surface area (TPSA) is 47.9 Å². The van der Waals surface area contributed by atoms with Crippen LogP contribution < -0.4 is 0 Å². The van der Waals surface area contributed by atoms with Gasteiger partial charge in [-0.25, -0.2) is 0 Å². The molecule has 0 fully saturated rings. The minimum atomic E-state index is -2.02. The third-order valence-electron chi connectivity index (χ3n) is 5.80. The molecule has 0 aromatic carbocycles. The molecule has 0 saturated carbocycles. The predicted molar refractivity (Wildman–Crippen MR) is 128 cm³/mol. The van der Waals surface area contributed by atoms with Gasteiger partial charge in [-0.15, -0.1) is 0 Å². The van der Waals surface area contributed by atoms with Crippen LogP contribution in [0.4, 0.5) is 0 Å². The van der Waals surface area contributed by atoms with Gasteiger partial charge in [-0.3, -0.25) is 0 Å². The van der Waals surface area contributed by atoms with Crippen LogP contribution >= 0.6 is 0 Å². The van der Waals surface area contributed by atoms with Gasteiger partial charge in [0.25, 0.3) is 0 Å². The molecule has 1 atom stereocenters. The molecule has 0 radical (unpaired) electrons. The lowest BCUT2D eigenvalue weighted by atomic mass is 10.2. The summed E-state index contributed by atoms with van der Waals surface area (Å²) in [5.41, 5.74) is 0. The zero-order valence-corrected chi connectivity index (χ0v) is 22.9. The molecule has 0 amide bonds. The van der Waals surface area contributed by atoms with E-state index in [1.807, 2.05) is 0 Å². The Labute approximate surface area is 188 Å². The number of rotatable bonds is 18. The lowest BCUT2D eigenvalue weighted by Crippen LogP contribution is -2.53. The van der Waals surface area contributed by atoms with E-state index in [1.54, 1.807) is 14.2 Å². The summed E-state index contributed by atoms with van der Waals surface area (Å²) < 4.78 is 19.7. The number of ether oxygens (including phenoxy) is 1. The van der Waals surface area contributed by atoms with Crippen molar-refractivity contribution in [1.82, 2.24) is 0 Å². The van der Waals surface area contributed by atoms with Crippen LogP contribution in [0.15, 0.2) is 0 Å². The highest BCUT2D eigenvalue weighted by Crippen LogP contribution is 2.14. The maximum atomic E-state index is 10.7. The summed E-state index contributed by atoms with van der Waals surface area (Å²) in [7, 11) is 17.2. The van der Waals surface area contributed by atoms with Gasteiger partial charge in [0.1, 0.15) is 12.6 Å². The average molecular weight is 453 g/mol. The zero-order chi connectivity index (χ0) is 23.5. The van der Waals surface area contributed by atoms with Gasteiger partial charge in [0.2, 0.25) is 0 Å². The van der Waals surface area contributed by atoms with Crippen LogP contribution in [0.25, 0.3) is 0 Å². The SMILES string of the molecule is CO[Si](C)(CCCOCC(O)C[N+](C)(CCC[N+](C)(C)C)CCC[N+](C)(C)C)OC. The fourth-order valence-electron chi connectivity index (χ4n) is 3.71. The molecular weight excluding hydrogens is 398 g/mol. The number of likely N-dealkylation sites (N-methyl/N-ethyl adjacent to an activating group) is 1. The van der Waals surface area contributed by atoms with Crippen molar-refractivity contribution in [3.8, 4) is 0 Å². The highest BCUT2D eigenvalue weighted by atomic mass is 28.4. The van der Waals surface area contributed by atoms with Gasteiger partial charge in [0.05, 0.1) is 82.1 Å². The van der Waals surface area contributed by atoms with Gasteiger partial charge in [0.15, 0.2) is 0 Å². The first kappa shape index (κ1) is 29.9. The summed E-state index contributed by atoms with van der Waals surface area (Å²) >= 11 is 0. The third-order valence-corrected chi connectivity index (χ3v) is 8.79. The molecule has 0 heterocycles. The Morgan fingerprint density at radius 3 is 1.63 bits per heavy atom. The van der Waals surface area contributed by atoms with E-state index < -0.39 is 14.7 Å². The first-order valence-electron chi connectivity index (χ1n) is 11.4. The highest BCUT2D eigenvalue weighted by Gasteiger charge is 2.29. The first-order valence-corrected chi connectivity index (χ1v) is 14.0. The van der Waals surface area contributed by atoms with E-state index in [0.717, 1.165) is 71.5 Å². The fourth-order valence-corrected chi connectivity index (χ4v) is 5.07. The summed E-state index contributed by atoms with van der Waals surface area (Å²) in [4.78, 5) is 0. The van der Waals surface area contributed by atoms with Crippen molar-refractivity contribution in [2.24, 2.45) is 0 Å². The number of quaternary nitrogens is 3. The molecule has 1 N–H and O–H groups in total. The van der Waals surface area contributed by atoms with Gasteiger partial charge in [-0.1, -0.05) is 0 Å². The smallest absolute Gasteiger partial charge is 0.334 e. The Morgan fingerprint density at radius 1 is 0.767 bits per heavy atom. The van der Waals surface area contributed by atoms with Crippen LogP contribution in [0.5, 0.6) is 0 Å². The standard InChI is InChI=1S/C22H54N3O4Si/c1-23(2,3)14-11-16-25(7,17-12-15-24(4,5)6)20-22(26)21-29-18-13-19-30(10,27-8)28-9/h22,26H,11-21H2,1-10H3/q+3. The summed E-state index contributed by atoms with van der Waals surface area (Å²) in [5.74, 6) is 0. The molecule has 0 saturated heterocycles. The summed E-state index contributed by atoms with van der Waals surface area (Å²) in [6.45, 7) is 8.34. The van der Waals surface area contributed by atoms with E-state index in [9.17, 15) is 5.11 Å². The van der Waals surface area contributed by atoms with E-state index >= 15 is 0 Å². The molecule has 1 unspecified atom stereocenters. The second-order valence-electron chi connectivity index (χ2n) is 11.4. The molecule has 0 aromatic heterocycles. The van der Waals surface area contributed by atoms with Crippen LogP contribution in [0.1, 0.15) is 19.3 Å². The molecule has 0 spiro atoms. The normalized spacial score (nSPS) is 14.9. The van der Waals surface area contributed by atoms with Crippen molar-refractivity contribution in [2.75, 3.05) is 109 Å². The average Bonchev–Trinajstić information content (AvgIpc) is 2.58. The quantitative estimate of drug-likeness (QED) is 0.196. The molecule has 0 aliphatic rings. The second kappa shape index (κ2) is 13.5. The van der Waals surface area contributed by atoms with Gasteiger partial charge in [0, 0.05) is 33.7 Å². The number of hydrogen-bond acceptors (Lipinski definition) is 4. The maximum Gasteiger partial charge on any atom is 0.334 e. The largest absolute Gasteiger partial charge is 0.398 e. The number of aliphatic hydroxyl groups excluding tert-OH is 1. The summed E-state index contributed by atoms with van der Waals surface area (Å²) in [5, 5.41) is 10.7. The second-order valence-corrected chi connectivity index (χ2v) is 14.9. The molecule has 0 aromatic rings. The van der Waals surface area contributed by atoms with Crippen molar-refractivity contribution in [2.45, 2.75) is 38.0 Å². The minimum Gasteiger partial charge on any atom is -0.398 e. The first-order chi connectivity index (χ1) is 13.6. The van der Waals surface area contributed by atoms with Crippen molar-refractivity contribution < 1.29 is 32.1 Å². The highest BCUT2D eigenvalue weighted by molar-refractivity contribution is 6.65. The van der Waals surface area contributed by atoms with Crippen LogP contribution in [0.2, 0.25) is 12.6 Å². The number of nitrogens with zero attached hydrogens (tertiary/aromatic N) is 3. The maximum absolute atomic E-state index is 10.7. The van der Waals surface area contributed by atoms with E-state index in [1.165, 1.54) is 0 Å². The Kier molecular flexibility index (Phi) is 13.4. The van der Waals surface area contributed by atoms with Crippen molar-refractivity contribution in [3.05, 3.63) is 0 Å². The zero-order valence-electron chi connectivity index (χ0n) is 21.9. The van der Waals surface area contributed by atoms with Crippen LogP contribution in [-0.4, -0.2) is 143 Å². The summed E-state index contributed by atoms with van der Waals surface area (Å²) in [6.07, 6.45) is 2.79. The fraction of sp³-hybridized carbons (Fsp3) is 1.00. The Balaban J connectivity index is 4.53. The van der Waals surface area contributed by atoms with E-state index in [2.05, 4.69) is 55.9 Å². The molecule has 0 bridgehead atoms. The lowest BCUT2D eigenvalue weighted by molar-refractivity contribution is -0.925. The molecule has 8 heteroatoms. The minimum absolute atomic E-state index is 0.400. The Bertz CT molecular complexity index is 429. The van der Waals surface area contributed by atoms with Gasteiger partial charge in [-0.2, -0.15) is 0 Å². The predicted octanol–water partition coefficient (Wildman–Crippen LogP) is 1.76. The van der Waals surface area contributed by atoms with Gasteiger partial charge in [-0.05, 0) is 19.0 Å². The molecule has 0 rings (SSSR count). The molecular formula is C22H54N3O4Si+3. The van der Waals surface area contributed by atoms with Crippen LogP contribution in [0.3, 0.4) is 0 Å². The number of aliphatic hydroxyl groups is 1. The van der Waals surface area contributed by atoms with Crippen molar-refractivity contribution >= 4 is 8.56 Å².